The second kappa shape index (κ2) is 7.22. The van der Waals surface area contributed by atoms with Crippen LogP contribution in [0.1, 0.15) is 11.1 Å². The third kappa shape index (κ3) is 4.59. The molecule has 0 radical (unpaired) electrons. The third-order valence-corrected chi connectivity index (χ3v) is 4.33. The molecule has 1 N–H and O–H groups in total. The van der Waals surface area contributed by atoms with Crippen LogP contribution in [0.4, 0.5) is 0 Å². The van der Waals surface area contributed by atoms with Crippen LogP contribution in [0.3, 0.4) is 0 Å². The Balaban J connectivity index is 2.11. The standard InChI is InChI=1S/C16H14BrIO2/c17-14-3-1-2-12(10-14)9-13(16(19)20)8-11-4-6-15(18)7-5-11/h1-7,10,13H,8-9H2,(H,19,20). The van der Waals surface area contributed by atoms with E-state index < -0.39 is 11.9 Å². The van der Waals surface area contributed by atoms with E-state index >= 15 is 0 Å². The van der Waals surface area contributed by atoms with Crippen molar-refractivity contribution < 1.29 is 9.90 Å². The van der Waals surface area contributed by atoms with Crippen molar-refractivity contribution in [3.05, 3.63) is 67.7 Å². The predicted octanol–water partition coefficient (Wildman–Crippen LogP) is 4.54. The van der Waals surface area contributed by atoms with Crippen molar-refractivity contribution in [3.63, 3.8) is 0 Å². The number of carboxylic acid groups (broad SMARTS) is 1. The number of rotatable bonds is 5. The van der Waals surface area contributed by atoms with Crippen LogP contribution in [0, 0.1) is 9.49 Å². The monoisotopic (exact) mass is 444 g/mol. The molecule has 0 bridgehead atoms. The van der Waals surface area contributed by atoms with Gasteiger partial charge in [0, 0.05) is 8.04 Å². The van der Waals surface area contributed by atoms with Gasteiger partial charge in [-0.25, -0.2) is 0 Å². The maximum Gasteiger partial charge on any atom is 0.307 e. The van der Waals surface area contributed by atoms with Gasteiger partial charge in [0.15, 0.2) is 0 Å². The summed E-state index contributed by atoms with van der Waals surface area (Å²) in [6, 6.07) is 15.8. The van der Waals surface area contributed by atoms with E-state index in [1.165, 1.54) is 0 Å². The second-order valence-electron chi connectivity index (χ2n) is 4.70. The quantitative estimate of drug-likeness (QED) is 0.687. The van der Waals surface area contributed by atoms with Crippen LogP contribution < -0.4 is 0 Å². The lowest BCUT2D eigenvalue weighted by Crippen LogP contribution is -2.19. The van der Waals surface area contributed by atoms with Gasteiger partial charge in [0.25, 0.3) is 0 Å². The molecule has 4 heteroatoms. The summed E-state index contributed by atoms with van der Waals surface area (Å²) in [4.78, 5) is 11.4. The lowest BCUT2D eigenvalue weighted by atomic mass is 9.93. The number of halogens is 2. The van der Waals surface area contributed by atoms with E-state index in [1.807, 2.05) is 48.5 Å². The van der Waals surface area contributed by atoms with Gasteiger partial charge in [0.1, 0.15) is 0 Å². The molecule has 1 unspecified atom stereocenters. The number of carbonyl (C=O) groups is 1. The number of carboxylic acids is 1. The molecule has 0 fully saturated rings. The van der Waals surface area contributed by atoms with E-state index in [1.54, 1.807) is 0 Å². The Morgan fingerprint density at radius 3 is 2.35 bits per heavy atom. The Kier molecular flexibility index (Phi) is 5.60. The van der Waals surface area contributed by atoms with Gasteiger partial charge in [-0.15, -0.1) is 0 Å². The van der Waals surface area contributed by atoms with Crippen molar-refractivity contribution >= 4 is 44.5 Å². The van der Waals surface area contributed by atoms with Crippen LogP contribution in [0.15, 0.2) is 53.0 Å². The van der Waals surface area contributed by atoms with Crippen molar-refractivity contribution in [2.24, 2.45) is 5.92 Å². The van der Waals surface area contributed by atoms with E-state index in [2.05, 4.69) is 38.5 Å². The molecule has 2 aromatic carbocycles. The van der Waals surface area contributed by atoms with Crippen molar-refractivity contribution in [1.29, 1.82) is 0 Å². The second-order valence-corrected chi connectivity index (χ2v) is 6.86. The Labute approximate surface area is 140 Å². The number of benzene rings is 2. The summed E-state index contributed by atoms with van der Waals surface area (Å²) >= 11 is 5.66. The van der Waals surface area contributed by atoms with Gasteiger partial charge in [0.2, 0.25) is 0 Å². The van der Waals surface area contributed by atoms with Crippen LogP contribution in [0.2, 0.25) is 0 Å². The van der Waals surface area contributed by atoms with Crippen molar-refractivity contribution in [3.8, 4) is 0 Å². The van der Waals surface area contributed by atoms with E-state index in [0.29, 0.717) is 12.8 Å². The van der Waals surface area contributed by atoms with E-state index in [0.717, 1.165) is 19.2 Å². The summed E-state index contributed by atoms with van der Waals surface area (Å²) in [6.45, 7) is 0. The Morgan fingerprint density at radius 1 is 1.10 bits per heavy atom. The molecule has 0 saturated carbocycles. The minimum absolute atomic E-state index is 0.399. The van der Waals surface area contributed by atoms with Gasteiger partial charge in [-0.1, -0.05) is 40.2 Å². The SMILES string of the molecule is O=C(O)C(Cc1ccc(I)cc1)Cc1cccc(Br)c1. The molecule has 2 nitrogen and oxygen atoms in total. The van der Waals surface area contributed by atoms with Crippen LogP contribution in [0.25, 0.3) is 0 Å². The van der Waals surface area contributed by atoms with Gasteiger partial charge in [-0.2, -0.15) is 0 Å². The summed E-state index contributed by atoms with van der Waals surface area (Å²) in [7, 11) is 0. The number of hydrogen-bond acceptors (Lipinski definition) is 1. The summed E-state index contributed by atoms with van der Waals surface area (Å²) in [5.74, 6) is -1.15. The van der Waals surface area contributed by atoms with Crippen molar-refractivity contribution in [1.82, 2.24) is 0 Å². The molecule has 0 saturated heterocycles. The molecule has 0 aliphatic rings. The molecule has 0 aromatic heterocycles. The largest absolute Gasteiger partial charge is 0.481 e. The summed E-state index contributed by atoms with van der Waals surface area (Å²) in [6.07, 6.45) is 1.10. The fourth-order valence-corrected chi connectivity index (χ4v) is 2.91. The van der Waals surface area contributed by atoms with Crippen molar-refractivity contribution in [2.75, 3.05) is 0 Å². The molecule has 0 amide bonds. The molecular formula is C16H14BrIO2. The van der Waals surface area contributed by atoms with E-state index in [9.17, 15) is 9.90 Å². The van der Waals surface area contributed by atoms with Crippen LogP contribution in [0.5, 0.6) is 0 Å². The van der Waals surface area contributed by atoms with Crippen LogP contribution in [-0.2, 0) is 17.6 Å². The predicted molar refractivity (Wildman–Crippen MR) is 91.8 cm³/mol. The first-order valence-corrected chi connectivity index (χ1v) is 8.13. The molecule has 1 atom stereocenters. The molecule has 104 valence electrons. The fourth-order valence-electron chi connectivity index (χ4n) is 2.10. The maximum atomic E-state index is 11.4. The molecule has 0 aliphatic heterocycles. The van der Waals surface area contributed by atoms with Gasteiger partial charge in [0.05, 0.1) is 5.92 Å². The highest BCUT2D eigenvalue weighted by atomic mass is 127. The highest BCUT2D eigenvalue weighted by Crippen LogP contribution is 2.19. The van der Waals surface area contributed by atoms with Gasteiger partial charge < -0.3 is 5.11 Å². The Bertz CT molecular complexity index is 596. The lowest BCUT2D eigenvalue weighted by Gasteiger charge is -2.13. The summed E-state index contributed by atoms with van der Waals surface area (Å²) in [5.41, 5.74) is 2.10. The zero-order valence-electron chi connectivity index (χ0n) is 10.7. The number of hydrogen-bond donors (Lipinski definition) is 1. The number of aliphatic carboxylic acids is 1. The van der Waals surface area contributed by atoms with Gasteiger partial charge in [-0.3, -0.25) is 4.79 Å². The van der Waals surface area contributed by atoms with Crippen LogP contribution in [-0.4, -0.2) is 11.1 Å². The highest BCUT2D eigenvalue weighted by Gasteiger charge is 2.18. The Morgan fingerprint density at radius 2 is 1.75 bits per heavy atom. The van der Waals surface area contributed by atoms with Crippen molar-refractivity contribution in [2.45, 2.75) is 12.8 Å². The third-order valence-electron chi connectivity index (χ3n) is 3.12. The minimum Gasteiger partial charge on any atom is -0.481 e. The smallest absolute Gasteiger partial charge is 0.307 e. The molecule has 0 spiro atoms. The van der Waals surface area contributed by atoms with Gasteiger partial charge in [-0.05, 0) is 70.8 Å². The molecule has 20 heavy (non-hydrogen) atoms. The first-order chi connectivity index (χ1) is 9.54. The zero-order valence-corrected chi connectivity index (χ0v) is 14.5. The first kappa shape index (κ1) is 15.5. The minimum atomic E-state index is -0.747. The fraction of sp³-hybridized carbons (Fsp3) is 0.188. The zero-order chi connectivity index (χ0) is 14.5. The normalized spacial score (nSPS) is 12.1. The average molecular weight is 445 g/mol. The Hall–Kier alpha value is -0.880. The summed E-state index contributed by atoms with van der Waals surface area (Å²) < 4.78 is 2.14. The van der Waals surface area contributed by atoms with Gasteiger partial charge >= 0.3 is 5.97 Å². The first-order valence-electron chi connectivity index (χ1n) is 6.26. The lowest BCUT2D eigenvalue weighted by molar-refractivity contribution is -0.141. The molecular weight excluding hydrogens is 431 g/mol. The topological polar surface area (TPSA) is 37.3 Å². The highest BCUT2D eigenvalue weighted by molar-refractivity contribution is 14.1. The maximum absolute atomic E-state index is 11.4. The van der Waals surface area contributed by atoms with E-state index in [4.69, 9.17) is 0 Å². The van der Waals surface area contributed by atoms with Crippen LogP contribution >= 0.6 is 38.5 Å². The summed E-state index contributed by atoms with van der Waals surface area (Å²) in [5, 5.41) is 9.41. The molecule has 0 heterocycles. The molecule has 2 rings (SSSR count). The molecule has 2 aromatic rings. The average Bonchev–Trinajstić information content (AvgIpc) is 2.40. The molecule has 0 aliphatic carbocycles. The van der Waals surface area contributed by atoms with E-state index in [-0.39, 0.29) is 0 Å².